The van der Waals surface area contributed by atoms with Gasteiger partial charge in [0.05, 0.1) is 12.2 Å². The van der Waals surface area contributed by atoms with Gasteiger partial charge in [0.1, 0.15) is 6.04 Å². The van der Waals surface area contributed by atoms with Crippen LogP contribution in [0.2, 0.25) is 0 Å². The molecule has 4 rings (SSSR count). The van der Waals surface area contributed by atoms with E-state index in [1.165, 1.54) is 0 Å². The Morgan fingerprint density at radius 2 is 1.40 bits per heavy atom. The zero-order valence-electron chi connectivity index (χ0n) is 18.8. The fraction of sp³-hybridized carbons (Fsp3) is 0.0714. The Morgan fingerprint density at radius 1 is 0.714 bits per heavy atom. The van der Waals surface area contributed by atoms with E-state index in [1.54, 1.807) is 79.0 Å². The van der Waals surface area contributed by atoms with Crippen molar-refractivity contribution in [2.24, 2.45) is 0 Å². The van der Waals surface area contributed by atoms with Crippen LogP contribution >= 0.6 is 0 Å². The highest BCUT2D eigenvalue weighted by molar-refractivity contribution is 6.02. The van der Waals surface area contributed by atoms with E-state index >= 15 is 0 Å². The molecule has 7 heteroatoms. The number of carbonyl (C=O) groups is 3. The zero-order valence-corrected chi connectivity index (χ0v) is 18.8. The molecule has 7 nitrogen and oxygen atoms in total. The van der Waals surface area contributed by atoms with E-state index in [0.717, 1.165) is 5.69 Å². The van der Waals surface area contributed by atoms with Gasteiger partial charge in [-0.3, -0.25) is 19.4 Å². The molecule has 0 aliphatic heterocycles. The smallest absolute Gasteiger partial charge is 0.252 e. The van der Waals surface area contributed by atoms with Crippen molar-refractivity contribution in [1.82, 2.24) is 15.6 Å². The Kier molecular flexibility index (Phi) is 7.60. The second-order valence-electron chi connectivity index (χ2n) is 7.76. The van der Waals surface area contributed by atoms with Gasteiger partial charge in [0.25, 0.3) is 17.7 Å². The zero-order chi connectivity index (χ0) is 24.5. The maximum atomic E-state index is 13.2. The number of aromatic nitrogens is 1. The van der Waals surface area contributed by atoms with Crippen molar-refractivity contribution in [3.63, 3.8) is 0 Å². The maximum absolute atomic E-state index is 13.2. The van der Waals surface area contributed by atoms with Crippen LogP contribution in [-0.4, -0.2) is 22.7 Å². The highest BCUT2D eigenvalue weighted by atomic mass is 16.2. The highest BCUT2D eigenvalue weighted by Crippen LogP contribution is 2.18. The number of hydrogen-bond acceptors (Lipinski definition) is 4. The molecule has 174 valence electrons. The van der Waals surface area contributed by atoms with Crippen LogP contribution in [0.15, 0.2) is 109 Å². The summed E-state index contributed by atoms with van der Waals surface area (Å²) in [7, 11) is 0. The summed E-state index contributed by atoms with van der Waals surface area (Å²) in [6.45, 7) is 0.290. The largest absolute Gasteiger partial charge is 0.346 e. The van der Waals surface area contributed by atoms with Crippen molar-refractivity contribution >= 4 is 23.4 Å². The predicted octanol–water partition coefficient (Wildman–Crippen LogP) is 4.12. The van der Waals surface area contributed by atoms with E-state index in [2.05, 4.69) is 20.9 Å². The summed E-state index contributed by atoms with van der Waals surface area (Å²) < 4.78 is 0. The Hall–Kier alpha value is -4.78. The normalized spacial score (nSPS) is 11.2. The van der Waals surface area contributed by atoms with Gasteiger partial charge >= 0.3 is 0 Å². The SMILES string of the molecule is O=C(NCc1ccccn1)c1cccc(NC(=O)C(NC(=O)c2ccccc2)c2ccccc2)c1. The first kappa shape index (κ1) is 23.4. The van der Waals surface area contributed by atoms with E-state index in [0.29, 0.717) is 22.4 Å². The molecular weight excluding hydrogens is 440 g/mol. The first-order valence-electron chi connectivity index (χ1n) is 11.1. The van der Waals surface area contributed by atoms with Crippen LogP contribution in [0.5, 0.6) is 0 Å². The molecule has 35 heavy (non-hydrogen) atoms. The Balaban J connectivity index is 1.47. The molecule has 3 N–H and O–H groups in total. The highest BCUT2D eigenvalue weighted by Gasteiger charge is 2.23. The molecule has 0 aliphatic carbocycles. The van der Waals surface area contributed by atoms with Gasteiger partial charge in [-0.15, -0.1) is 0 Å². The van der Waals surface area contributed by atoms with Crippen LogP contribution < -0.4 is 16.0 Å². The molecule has 1 heterocycles. The van der Waals surface area contributed by atoms with Crippen LogP contribution in [0.1, 0.15) is 38.0 Å². The van der Waals surface area contributed by atoms with Crippen LogP contribution in [-0.2, 0) is 11.3 Å². The Labute approximate surface area is 203 Å². The third-order valence-corrected chi connectivity index (χ3v) is 5.26. The van der Waals surface area contributed by atoms with Gasteiger partial charge in [-0.25, -0.2) is 0 Å². The minimum Gasteiger partial charge on any atom is -0.346 e. The first-order valence-corrected chi connectivity index (χ1v) is 11.1. The summed E-state index contributed by atoms with van der Waals surface area (Å²) in [5, 5.41) is 8.45. The molecule has 0 bridgehead atoms. The topological polar surface area (TPSA) is 100 Å². The first-order chi connectivity index (χ1) is 17.1. The Morgan fingerprint density at radius 3 is 2.11 bits per heavy atom. The lowest BCUT2D eigenvalue weighted by Gasteiger charge is -2.19. The lowest BCUT2D eigenvalue weighted by molar-refractivity contribution is -0.118. The summed E-state index contributed by atoms with van der Waals surface area (Å²) in [6, 6.07) is 28.9. The van der Waals surface area contributed by atoms with Gasteiger partial charge in [-0.2, -0.15) is 0 Å². The number of carbonyl (C=O) groups excluding carboxylic acids is 3. The number of benzene rings is 3. The number of hydrogen-bond donors (Lipinski definition) is 3. The maximum Gasteiger partial charge on any atom is 0.252 e. The molecule has 3 aromatic carbocycles. The third-order valence-electron chi connectivity index (χ3n) is 5.26. The average Bonchev–Trinajstić information content (AvgIpc) is 2.92. The van der Waals surface area contributed by atoms with Gasteiger partial charge in [-0.05, 0) is 48.0 Å². The summed E-state index contributed by atoms with van der Waals surface area (Å²) >= 11 is 0. The van der Waals surface area contributed by atoms with E-state index in [9.17, 15) is 14.4 Å². The van der Waals surface area contributed by atoms with Gasteiger partial charge in [0, 0.05) is 23.0 Å². The fourth-order valence-corrected chi connectivity index (χ4v) is 3.48. The standard InChI is InChI=1S/C28H24N4O3/c33-26(30-19-24-15-7-8-17-29-24)22-14-9-16-23(18-22)31-28(35)25(20-10-3-1-4-11-20)32-27(34)21-12-5-2-6-13-21/h1-18,25H,19H2,(H,30,33)(H,31,35)(H,32,34). The second kappa shape index (κ2) is 11.4. The van der Waals surface area contributed by atoms with Gasteiger partial charge in [0.15, 0.2) is 0 Å². The fourth-order valence-electron chi connectivity index (χ4n) is 3.48. The van der Waals surface area contributed by atoms with Crippen molar-refractivity contribution < 1.29 is 14.4 Å². The minimum atomic E-state index is -0.925. The number of rotatable bonds is 8. The van der Waals surface area contributed by atoms with Crippen molar-refractivity contribution in [3.05, 3.63) is 132 Å². The third kappa shape index (κ3) is 6.39. The predicted molar refractivity (Wildman–Crippen MR) is 134 cm³/mol. The van der Waals surface area contributed by atoms with Crippen molar-refractivity contribution in [1.29, 1.82) is 0 Å². The van der Waals surface area contributed by atoms with Crippen LogP contribution in [0, 0.1) is 0 Å². The lowest BCUT2D eigenvalue weighted by atomic mass is 10.0. The van der Waals surface area contributed by atoms with E-state index in [4.69, 9.17) is 0 Å². The van der Waals surface area contributed by atoms with E-state index < -0.39 is 11.9 Å². The second-order valence-corrected chi connectivity index (χ2v) is 7.76. The van der Waals surface area contributed by atoms with E-state index in [-0.39, 0.29) is 18.4 Å². The molecule has 0 aliphatic rings. The summed E-state index contributed by atoms with van der Waals surface area (Å²) in [4.78, 5) is 42.8. The van der Waals surface area contributed by atoms with Crippen LogP contribution in [0.4, 0.5) is 5.69 Å². The number of anilines is 1. The lowest BCUT2D eigenvalue weighted by Crippen LogP contribution is -2.37. The molecule has 0 fully saturated rings. The summed E-state index contributed by atoms with van der Waals surface area (Å²) in [5.74, 6) is -1.08. The molecule has 0 spiro atoms. The minimum absolute atomic E-state index is 0.288. The van der Waals surface area contributed by atoms with E-state index in [1.807, 2.05) is 30.3 Å². The molecule has 0 saturated heterocycles. The Bertz CT molecular complexity index is 1300. The summed E-state index contributed by atoms with van der Waals surface area (Å²) in [5.41, 5.74) is 2.66. The van der Waals surface area contributed by atoms with Gasteiger partial charge < -0.3 is 16.0 Å². The molecule has 1 unspecified atom stereocenters. The van der Waals surface area contributed by atoms with Crippen molar-refractivity contribution in [2.45, 2.75) is 12.6 Å². The van der Waals surface area contributed by atoms with Gasteiger partial charge in [0.2, 0.25) is 0 Å². The number of amides is 3. The quantitative estimate of drug-likeness (QED) is 0.365. The molecule has 1 atom stereocenters. The molecule has 0 saturated carbocycles. The molecular formula is C28H24N4O3. The van der Waals surface area contributed by atoms with Crippen LogP contribution in [0.25, 0.3) is 0 Å². The molecule has 3 amide bonds. The summed E-state index contributed by atoms with van der Waals surface area (Å²) in [6.07, 6.45) is 1.66. The number of pyridine rings is 1. The number of nitrogens with zero attached hydrogens (tertiary/aromatic N) is 1. The number of nitrogens with one attached hydrogen (secondary N) is 3. The van der Waals surface area contributed by atoms with Crippen molar-refractivity contribution in [2.75, 3.05) is 5.32 Å². The molecule has 1 aromatic heterocycles. The molecule has 0 radical (unpaired) electrons. The average molecular weight is 465 g/mol. The molecule has 4 aromatic rings. The van der Waals surface area contributed by atoms with Crippen LogP contribution in [0.3, 0.4) is 0 Å². The van der Waals surface area contributed by atoms with Gasteiger partial charge in [-0.1, -0.05) is 60.7 Å². The monoisotopic (exact) mass is 464 g/mol. The van der Waals surface area contributed by atoms with Crippen molar-refractivity contribution in [3.8, 4) is 0 Å².